The Morgan fingerprint density at radius 1 is 1.52 bits per heavy atom. The highest BCUT2D eigenvalue weighted by atomic mass is 32.1. The summed E-state index contributed by atoms with van der Waals surface area (Å²) in [5.41, 5.74) is 1.41. The molecule has 2 aliphatic rings. The van der Waals surface area contributed by atoms with E-state index in [1.165, 1.54) is 23.3 Å². The molecule has 1 aromatic heterocycles. The minimum absolute atomic E-state index is 0.172. The maximum atomic E-state index is 12.6. The molecular weight excluding hydrogens is 282 g/mol. The fourth-order valence-corrected chi connectivity index (χ4v) is 4.75. The van der Waals surface area contributed by atoms with Gasteiger partial charge in [-0.25, -0.2) is 0 Å². The molecule has 0 saturated carbocycles. The van der Waals surface area contributed by atoms with Crippen molar-refractivity contribution in [1.82, 2.24) is 4.90 Å². The van der Waals surface area contributed by atoms with Crippen LogP contribution in [0, 0.1) is 11.8 Å². The monoisotopic (exact) mass is 307 g/mol. The van der Waals surface area contributed by atoms with E-state index >= 15 is 0 Å². The molecule has 0 bridgehead atoms. The predicted molar refractivity (Wildman–Crippen MR) is 85.8 cm³/mol. The van der Waals surface area contributed by atoms with Crippen molar-refractivity contribution in [3.8, 4) is 0 Å². The van der Waals surface area contributed by atoms with Crippen LogP contribution >= 0.6 is 11.3 Å². The number of hydrogen-bond acceptors (Lipinski definition) is 3. The molecular formula is C17H25NO2S. The zero-order valence-corrected chi connectivity index (χ0v) is 13.8. The fraction of sp³-hybridized carbons (Fsp3) is 0.706. The smallest absolute Gasteiger partial charge is 0.263 e. The van der Waals surface area contributed by atoms with Gasteiger partial charge >= 0.3 is 0 Å². The Bertz CT molecular complexity index is 523. The topological polar surface area (TPSA) is 40.5 Å². The zero-order valence-electron chi connectivity index (χ0n) is 13.0. The standard InChI is InChI=1S/C17H25NO2S/c1-3-12-4-5-15-14(8-12)9-16(21-15)17(20)18-7-6-13(10-18)11(2)19/h9,11-13,19H,3-8,10H2,1-2H3. The second kappa shape index (κ2) is 6.09. The van der Waals surface area contributed by atoms with Gasteiger partial charge in [-0.2, -0.15) is 0 Å². The molecule has 4 heteroatoms. The molecule has 116 valence electrons. The predicted octanol–water partition coefficient (Wildman–Crippen LogP) is 3.11. The lowest BCUT2D eigenvalue weighted by atomic mass is 9.87. The highest BCUT2D eigenvalue weighted by Gasteiger charge is 2.31. The van der Waals surface area contributed by atoms with E-state index in [-0.39, 0.29) is 17.9 Å². The average Bonchev–Trinajstić information content (AvgIpc) is 3.12. The minimum Gasteiger partial charge on any atom is -0.393 e. The van der Waals surface area contributed by atoms with Crippen molar-refractivity contribution in [2.75, 3.05) is 13.1 Å². The lowest BCUT2D eigenvalue weighted by molar-refractivity contribution is 0.0767. The number of aryl methyl sites for hydroxylation is 1. The summed E-state index contributed by atoms with van der Waals surface area (Å²) in [5.74, 6) is 1.21. The zero-order chi connectivity index (χ0) is 15.0. The molecule has 2 heterocycles. The van der Waals surface area contributed by atoms with Crippen LogP contribution in [0.4, 0.5) is 0 Å². The highest BCUT2D eigenvalue weighted by molar-refractivity contribution is 7.14. The number of thiophene rings is 1. The third-order valence-corrected chi connectivity index (χ3v) is 6.39. The van der Waals surface area contributed by atoms with Crippen LogP contribution in [0.5, 0.6) is 0 Å². The third kappa shape index (κ3) is 3.02. The van der Waals surface area contributed by atoms with Crippen molar-refractivity contribution >= 4 is 17.2 Å². The first-order valence-corrected chi connectivity index (χ1v) is 8.99. The fourth-order valence-electron chi connectivity index (χ4n) is 3.57. The second-order valence-corrected chi connectivity index (χ2v) is 7.75. The van der Waals surface area contributed by atoms with E-state index in [9.17, 15) is 9.90 Å². The summed E-state index contributed by atoms with van der Waals surface area (Å²) < 4.78 is 0. The molecule has 1 aliphatic heterocycles. The average molecular weight is 307 g/mol. The summed E-state index contributed by atoms with van der Waals surface area (Å²) >= 11 is 1.70. The van der Waals surface area contributed by atoms with E-state index in [0.29, 0.717) is 6.54 Å². The molecule has 1 amide bonds. The minimum atomic E-state index is -0.315. The summed E-state index contributed by atoms with van der Waals surface area (Å²) in [7, 11) is 0. The van der Waals surface area contributed by atoms with Gasteiger partial charge in [0.25, 0.3) is 5.91 Å². The quantitative estimate of drug-likeness (QED) is 0.932. The van der Waals surface area contributed by atoms with Gasteiger partial charge in [-0.1, -0.05) is 13.3 Å². The van der Waals surface area contributed by atoms with E-state index in [4.69, 9.17) is 0 Å². The Morgan fingerprint density at radius 3 is 3.00 bits per heavy atom. The number of nitrogens with zero attached hydrogens (tertiary/aromatic N) is 1. The Labute approximate surface area is 131 Å². The van der Waals surface area contributed by atoms with Crippen LogP contribution in [-0.4, -0.2) is 35.1 Å². The number of hydrogen-bond donors (Lipinski definition) is 1. The SMILES string of the molecule is CCC1CCc2sc(C(=O)N3CCC(C(C)O)C3)cc2C1. The number of carbonyl (C=O) groups is 1. The van der Waals surface area contributed by atoms with Gasteiger partial charge in [0.1, 0.15) is 0 Å². The molecule has 1 fully saturated rings. The summed E-state index contributed by atoms with van der Waals surface area (Å²) in [6.45, 7) is 5.58. The molecule has 1 saturated heterocycles. The largest absolute Gasteiger partial charge is 0.393 e. The van der Waals surface area contributed by atoms with Crippen molar-refractivity contribution in [3.63, 3.8) is 0 Å². The van der Waals surface area contributed by atoms with Crippen molar-refractivity contribution < 1.29 is 9.90 Å². The van der Waals surface area contributed by atoms with Gasteiger partial charge in [-0.15, -0.1) is 11.3 Å². The van der Waals surface area contributed by atoms with Crippen molar-refractivity contribution in [2.24, 2.45) is 11.8 Å². The number of carbonyl (C=O) groups excluding carboxylic acids is 1. The summed E-state index contributed by atoms with van der Waals surface area (Å²) in [4.78, 5) is 16.9. The van der Waals surface area contributed by atoms with Crippen molar-refractivity contribution in [2.45, 2.75) is 52.1 Å². The van der Waals surface area contributed by atoms with Crippen LogP contribution in [0.3, 0.4) is 0 Å². The van der Waals surface area contributed by atoms with Crippen LogP contribution in [-0.2, 0) is 12.8 Å². The summed E-state index contributed by atoms with van der Waals surface area (Å²) in [5, 5.41) is 9.68. The maximum Gasteiger partial charge on any atom is 0.263 e. The molecule has 0 radical (unpaired) electrons. The molecule has 21 heavy (non-hydrogen) atoms. The first-order chi connectivity index (χ1) is 10.1. The van der Waals surface area contributed by atoms with Crippen molar-refractivity contribution in [3.05, 3.63) is 21.4 Å². The van der Waals surface area contributed by atoms with Crippen LogP contribution < -0.4 is 0 Å². The molecule has 1 aliphatic carbocycles. The molecule has 3 rings (SSSR count). The van der Waals surface area contributed by atoms with E-state index in [1.807, 2.05) is 11.8 Å². The van der Waals surface area contributed by atoms with Gasteiger partial charge in [0, 0.05) is 23.9 Å². The van der Waals surface area contributed by atoms with E-state index < -0.39 is 0 Å². The number of amides is 1. The highest BCUT2D eigenvalue weighted by Crippen LogP contribution is 2.34. The number of aliphatic hydroxyl groups is 1. The molecule has 1 N–H and O–H groups in total. The van der Waals surface area contributed by atoms with E-state index in [1.54, 1.807) is 11.3 Å². The first kappa shape index (κ1) is 15.0. The molecule has 3 nitrogen and oxygen atoms in total. The molecule has 3 unspecified atom stereocenters. The Balaban J connectivity index is 1.70. The number of fused-ring (bicyclic) bond motifs is 1. The number of likely N-dealkylation sites (tertiary alicyclic amines) is 1. The number of aliphatic hydroxyl groups excluding tert-OH is 1. The van der Waals surface area contributed by atoms with Crippen LogP contribution in [0.2, 0.25) is 0 Å². The molecule has 0 spiro atoms. The molecule has 3 atom stereocenters. The summed E-state index contributed by atoms with van der Waals surface area (Å²) in [6, 6.07) is 2.14. The van der Waals surface area contributed by atoms with Gasteiger partial charge in [-0.3, -0.25) is 4.79 Å². The Hall–Kier alpha value is -0.870. The Morgan fingerprint density at radius 2 is 2.33 bits per heavy atom. The first-order valence-electron chi connectivity index (χ1n) is 8.17. The lowest BCUT2D eigenvalue weighted by Gasteiger charge is -2.19. The second-order valence-electron chi connectivity index (χ2n) is 6.62. The number of rotatable bonds is 3. The van der Waals surface area contributed by atoms with Crippen molar-refractivity contribution in [1.29, 1.82) is 0 Å². The van der Waals surface area contributed by atoms with Crippen LogP contribution in [0.25, 0.3) is 0 Å². The summed E-state index contributed by atoms with van der Waals surface area (Å²) in [6.07, 6.45) is 5.40. The molecule has 1 aromatic rings. The van der Waals surface area contributed by atoms with Gasteiger partial charge in [0.15, 0.2) is 0 Å². The van der Waals surface area contributed by atoms with Crippen LogP contribution in [0.15, 0.2) is 6.07 Å². The van der Waals surface area contributed by atoms with Gasteiger partial charge in [0.2, 0.25) is 0 Å². The maximum absolute atomic E-state index is 12.6. The third-order valence-electron chi connectivity index (χ3n) is 5.17. The normalized spacial score (nSPS) is 26.7. The van der Waals surface area contributed by atoms with Gasteiger partial charge < -0.3 is 10.0 Å². The van der Waals surface area contributed by atoms with E-state index in [0.717, 1.165) is 36.6 Å². The van der Waals surface area contributed by atoms with Gasteiger partial charge in [-0.05, 0) is 50.2 Å². The van der Waals surface area contributed by atoms with Crippen LogP contribution in [0.1, 0.15) is 53.2 Å². The van der Waals surface area contributed by atoms with E-state index in [2.05, 4.69) is 13.0 Å². The lowest BCUT2D eigenvalue weighted by Crippen LogP contribution is -2.29. The molecule has 0 aromatic carbocycles. The Kier molecular flexibility index (Phi) is 4.36. The van der Waals surface area contributed by atoms with Gasteiger partial charge in [0.05, 0.1) is 11.0 Å².